The van der Waals surface area contributed by atoms with Crippen LogP contribution in [-0.2, 0) is 27.4 Å². The number of benzene rings is 3. The van der Waals surface area contributed by atoms with Crippen LogP contribution in [-0.4, -0.2) is 44.4 Å². The number of carbonyl (C=O) groups is 1. The van der Waals surface area contributed by atoms with Crippen molar-refractivity contribution in [3.63, 3.8) is 0 Å². The second-order valence-electron chi connectivity index (χ2n) is 9.80. The van der Waals surface area contributed by atoms with E-state index in [1.54, 1.807) is 53.1 Å². The molecule has 214 valence electrons. The van der Waals surface area contributed by atoms with Crippen molar-refractivity contribution in [2.24, 2.45) is 5.73 Å². The summed E-state index contributed by atoms with van der Waals surface area (Å²) in [5, 5.41) is 0.901. The second kappa shape index (κ2) is 11.6. The van der Waals surface area contributed by atoms with Crippen LogP contribution in [0.5, 0.6) is 0 Å². The van der Waals surface area contributed by atoms with Gasteiger partial charge >= 0.3 is 5.69 Å². The minimum absolute atomic E-state index is 0.0657. The van der Waals surface area contributed by atoms with Crippen molar-refractivity contribution >= 4 is 40.3 Å². The molecule has 42 heavy (non-hydrogen) atoms. The highest BCUT2D eigenvalue weighted by molar-refractivity contribution is 6.33. The van der Waals surface area contributed by atoms with Crippen LogP contribution >= 0.6 is 23.2 Å². The molecule has 0 bridgehead atoms. The highest BCUT2D eigenvalue weighted by atomic mass is 35.5. The van der Waals surface area contributed by atoms with E-state index in [4.69, 9.17) is 43.4 Å². The largest absolute Gasteiger partial charge is 0.376 e. The third kappa shape index (κ3) is 5.25. The van der Waals surface area contributed by atoms with E-state index in [9.17, 15) is 14.4 Å². The van der Waals surface area contributed by atoms with Crippen molar-refractivity contribution < 1.29 is 14.3 Å². The average Bonchev–Trinajstić information content (AvgIpc) is 3.39. The number of nitrogens with zero attached hydrogens (tertiary/aromatic N) is 4. The minimum atomic E-state index is -0.831. The summed E-state index contributed by atoms with van der Waals surface area (Å²) >= 11 is 12.7. The Morgan fingerprint density at radius 1 is 0.952 bits per heavy atom. The van der Waals surface area contributed by atoms with E-state index in [0.717, 1.165) is 15.7 Å². The van der Waals surface area contributed by atoms with Crippen molar-refractivity contribution in [2.75, 3.05) is 19.8 Å². The predicted molar refractivity (Wildman–Crippen MR) is 159 cm³/mol. The molecule has 2 N–H and O–H groups in total. The number of carbonyl (C=O) groups excluding carboxylic acids is 1. The molecular weight excluding hydrogens is 581 g/mol. The summed E-state index contributed by atoms with van der Waals surface area (Å²) < 4.78 is 15.1. The molecule has 1 aliphatic rings. The number of rotatable bonds is 7. The molecule has 12 heteroatoms. The molecule has 3 aromatic carbocycles. The van der Waals surface area contributed by atoms with Crippen molar-refractivity contribution in [1.29, 1.82) is 0 Å². The number of primary amides is 1. The third-order valence-corrected chi connectivity index (χ3v) is 7.63. The quantitative estimate of drug-likeness (QED) is 0.300. The zero-order chi connectivity index (χ0) is 29.4. The van der Waals surface area contributed by atoms with Crippen LogP contribution in [0.2, 0.25) is 10.0 Å². The summed E-state index contributed by atoms with van der Waals surface area (Å²) in [5.41, 5.74) is 7.05. The fraction of sp³-hybridized carbons (Fsp3) is 0.200. The van der Waals surface area contributed by atoms with Crippen molar-refractivity contribution in [2.45, 2.75) is 19.2 Å². The lowest BCUT2D eigenvalue weighted by Gasteiger charge is -2.23. The summed E-state index contributed by atoms with van der Waals surface area (Å²) in [5.74, 6) is -0.493. The molecule has 1 saturated heterocycles. The lowest BCUT2D eigenvalue weighted by molar-refractivity contribution is -0.118. The minimum Gasteiger partial charge on any atom is -0.376 e. The highest BCUT2D eigenvalue weighted by Gasteiger charge is 2.25. The van der Waals surface area contributed by atoms with Crippen LogP contribution < -0.4 is 17.0 Å². The summed E-state index contributed by atoms with van der Waals surface area (Å²) in [6.45, 7) is 1.01. The standard InChI is InChI=1S/C30H25Cl2N5O5/c31-20-9-11-21(12-10-20)37-26-28(34-27(37)22-3-1-2-4-23(22)32)35(30(40)36(29(26)39)16-25(33)38)15-18-5-7-19(8-6-18)24-17-41-13-14-42-24/h1-12,24H,13-17H2,(H2,33,38). The van der Waals surface area contributed by atoms with Gasteiger partial charge in [-0.25, -0.2) is 14.3 Å². The van der Waals surface area contributed by atoms with Gasteiger partial charge < -0.3 is 15.2 Å². The van der Waals surface area contributed by atoms with Crippen LogP contribution in [0.1, 0.15) is 17.2 Å². The van der Waals surface area contributed by atoms with E-state index < -0.39 is 23.7 Å². The number of ether oxygens (including phenoxy) is 2. The van der Waals surface area contributed by atoms with Gasteiger partial charge in [0.1, 0.15) is 18.5 Å². The summed E-state index contributed by atoms with van der Waals surface area (Å²) in [6, 6.07) is 21.5. The molecule has 10 nitrogen and oxygen atoms in total. The molecule has 1 unspecified atom stereocenters. The van der Waals surface area contributed by atoms with Crippen LogP contribution in [0.4, 0.5) is 0 Å². The Morgan fingerprint density at radius 3 is 2.36 bits per heavy atom. The monoisotopic (exact) mass is 605 g/mol. The van der Waals surface area contributed by atoms with Crippen molar-refractivity contribution in [3.8, 4) is 17.1 Å². The Bertz CT molecular complexity index is 1910. The molecule has 1 fully saturated rings. The number of halogens is 2. The first-order chi connectivity index (χ1) is 20.3. The topological polar surface area (TPSA) is 123 Å². The fourth-order valence-corrected chi connectivity index (χ4v) is 5.39. The summed E-state index contributed by atoms with van der Waals surface area (Å²) in [6.07, 6.45) is -0.173. The fourth-order valence-electron chi connectivity index (χ4n) is 5.04. The zero-order valence-corrected chi connectivity index (χ0v) is 23.7. The Kier molecular flexibility index (Phi) is 7.70. The molecule has 0 radical (unpaired) electrons. The molecule has 3 heterocycles. The smallest absolute Gasteiger partial charge is 0.333 e. The van der Waals surface area contributed by atoms with Gasteiger partial charge in [0.2, 0.25) is 5.91 Å². The molecule has 2 aromatic heterocycles. The van der Waals surface area contributed by atoms with Crippen LogP contribution in [0.25, 0.3) is 28.2 Å². The van der Waals surface area contributed by atoms with Gasteiger partial charge in [-0.3, -0.25) is 18.7 Å². The van der Waals surface area contributed by atoms with Gasteiger partial charge in [-0.2, -0.15) is 0 Å². The van der Waals surface area contributed by atoms with E-state index in [1.807, 2.05) is 24.3 Å². The molecule has 1 atom stereocenters. The van der Waals surface area contributed by atoms with E-state index in [1.165, 1.54) is 4.57 Å². The predicted octanol–water partition coefficient (Wildman–Crippen LogP) is 3.94. The molecule has 6 rings (SSSR count). The Hall–Kier alpha value is -4.22. The van der Waals surface area contributed by atoms with Crippen LogP contribution in [0.3, 0.4) is 0 Å². The number of aromatic nitrogens is 4. The Balaban J connectivity index is 1.59. The van der Waals surface area contributed by atoms with Crippen LogP contribution in [0, 0.1) is 0 Å². The van der Waals surface area contributed by atoms with Gasteiger partial charge in [0.25, 0.3) is 5.56 Å². The van der Waals surface area contributed by atoms with Gasteiger partial charge in [0.15, 0.2) is 11.2 Å². The summed E-state index contributed by atoms with van der Waals surface area (Å²) in [4.78, 5) is 44.4. The third-order valence-electron chi connectivity index (χ3n) is 7.05. The van der Waals surface area contributed by atoms with Crippen molar-refractivity contribution in [3.05, 3.63) is 115 Å². The lowest BCUT2D eigenvalue weighted by atomic mass is 10.1. The number of hydrogen-bond donors (Lipinski definition) is 1. The first-order valence-corrected chi connectivity index (χ1v) is 13.9. The summed E-state index contributed by atoms with van der Waals surface area (Å²) in [7, 11) is 0. The second-order valence-corrected chi connectivity index (χ2v) is 10.6. The zero-order valence-electron chi connectivity index (χ0n) is 22.2. The average molecular weight is 606 g/mol. The molecule has 0 aliphatic carbocycles. The first kappa shape index (κ1) is 27.9. The van der Waals surface area contributed by atoms with Crippen LogP contribution in [0.15, 0.2) is 82.4 Å². The van der Waals surface area contributed by atoms with Crippen molar-refractivity contribution in [1.82, 2.24) is 18.7 Å². The van der Waals surface area contributed by atoms with Gasteiger partial charge in [-0.15, -0.1) is 0 Å². The Labute approximate surface area is 249 Å². The maximum absolute atomic E-state index is 13.9. The molecule has 0 spiro atoms. The van der Waals surface area contributed by atoms with Gasteiger partial charge in [0.05, 0.1) is 31.4 Å². The van der Waals surface area contributed by atoms with E-state index in [-0.39, 0.29) is 23.8 Å². The number of amides is 1. The maximum atomic E-state index is 13.9. The van der Waals surface area contributed by atoms with Gasteiger partial charge in [-0.1, -0.05) is 59.6 Å². The molecule has 1 amide bonds. The Morgan fingerprint density at radius 2 is 1.69 bits per heavy atom. The van der Waals surface area contributed by atoms with E-state index >= 15 is 0 Å². The number of nitrogens with two attached hydrogens (primary N) is 1. The molecule has 0 saturated carbocycles. The number of hydrogen-bond acceptors (Lipinski definition) is 6. The molecular formula is C30H25Cl2N5O5. The molecule has 1 aliphatic heterocycles. The lowest BCUT2D eigenvalue weighted by Crippen LogP contribution is -2.43. The van der Waals surface area contributed by atoms with E-state index in [0.29, 0.717) is 46.9 Å². The number of imidazole rings is 1. The highest BCUT2D eigenvalue weighted by Crippen LogP contribution is 2.32. The molecule has 5 aromatic rings. The maximum Gasteiger partial charge on any atom is 0.333 e. The first-order valence-electron chi connectivity index (χ1n) is 13.1. The van der Waals surface area contributed by atoms with Gasteiger partial charge in [0, 0.05) is 16.3 Å². The normalized spacial score (nSPS) is 15.2. The van der Waals surface area contributed by atoms with E-state index in [2.05, 4.69) is 0 Å². The SMILES string of the molecule is NC(=O)Cn1c(=O)c2c(nc(-c3ccccc3Cl)n2-c2ccc(Cl)cc2)n(Cc2ccc(C3COCCO3)cc2)c1=O. The number of fused-ring (bicyclic) bond motifs is 1. The van der Waals surface area contributed by atoms with Gasteiger partial charge in [-0.05, 0) is 47.5 Å².